The minimum atomic E-state index is -0.192. The van der Waals surface area contributed by atoms with E-state index < -0.39 is 0 Å². The van der Waals surface area contributed by atoms with Gasteiger partial charge in [-0.3, -0.25) is 5.41 Å². The second-order valence-electron chi connectivity index (χ2n) is 5.77. The third kappa shape index (κ3) is 3.56. The summed E-state index contributed by atoms with van der Waals surface area (Å²) in [5.41, 5.74) is -0.192. The molecule has 1 aliphatic carbocycles. The standard InChI is InChI=1S/C13H19ClN4O/c1-13(2)8-18(16-6-9(13)7-19)12(5-11(14)15)17-10-3-4-10/h5-7,9-10,15,17H,3-4,8H2,1-2H3/b12-5-,15-11?/t9-/m1/s1. The molecular weight excluding hydrogens is 264 g/mol. The topological polar surface area (TPSA) is 68.6 Å². The fraction of sp³-hybridized carbons (Fsp3) is 0.615. The Morgan fingerprint density at radius 2 is 2.26 bits per heavy atom. The lowest BCUT2D eigenvalue weighted by atomic mass is 9.79. The molecule has 0 aromatic carbocycles. The number of allylic oxidation sites excluding steroid dienone is 1. The van der Waals surface area contributed by atoms with E-state index in [9.17, 15) is 4.79 Å². The van der Waals surface area contributed by atoms with E-state index in [2.05, 4.69) is 10.4 Å². The zero-order chi connectivity index (χ0) is 14.0. The number of rotatable bonds is 5. The molecule has 2 rings (SSSR count). The van der Waals surface area contributed by atoms with Crippen LogP contribution in [0.15, 0.2) is 17.0 Å². The van der Waals surface area contributed by atoms with E-state index in [1.54, 1.807) is 17.3 Å². The maximum atomic E-state index is 11.0. The molecule has 1 aliphatic heterocycles. The van der Waals surface area contributed by atoms with E-state index in [1.165, 1.54) is 0 Å². The Bertz CT molecular complexity index is 440. The summed E-state index contributed by atoms with van der Waals surface area (Å²) < 4.78 is 0. The van der Waals surface area contributed by atoms with Crippen molar-refractivity contribution in [2.45, 2.75) is 32.7 Å². The van der Waals surface area contributed by atoms with Gasteiger partial charge in [0.1, 0.15) is 17.3 Å². The Hall–Kier alpha value is -1.36. The van der Waals surface area contributed by atoms with Gasteiger partial charge in [-0.25, -0.2) is 5.01 Å². The third-order valence-corrected chi connectivity index (χ3v) is 3.55. The molecule has 5 nitrogen and oxygen atoms in total. The Kier molecular flexibility index (Phi) is 3.94. The Labute approximate surface area is 118 Å². The SMILES string of the molecule is CC1(C)CN(/C(=C\C(=N)Cl)NC2CC2)N=C[C@@H]1C=O. The summed E-state index contributed by atoms with van der Waals surface area (Å²) in [6.45, 7) is 4.68. The molecule has 0 aromatic heterocycles. The molecule has 104 valence electrons. The summed E-state index contributed by atoms with van der Waals surface area (Å²) in [4.78, 5) is 11.0. The molecule has 0 bridgehead atoms. The number of carbonyl (C=O) groups excluding carboxylic acids is 1. The van der Waals surface area contributed by atoms with Crippen molar-refractivity contribution in [1.29, 1.82) is 5.41 Å². The average molecular weight is 283 g/mol. The Morgan fingerprint density at radius 1 is 1.58 bits per heavy atom. The average Bonchev–Trinajstić information content (AvgIpc) is 3.10. The molecule has 1 atom stereocenters. The lowest BCUT2D eigenvalue weighted by Crippen LogP contribution is -2.44. The first-order chi connectivity index (χ1) is 8.92. The van der Waals surface area contributed by atoms with E-state index in [1.807, 2.05) is 13.8 Å². The molecule has 0 unspecified atom stereocenters. The first-order valence-electron chi connectivity index (χ1n) is 6.41. The lowest BCUT2D eigenvalue weighted by Gasteiger charge is -2.38. The first-order valence-corrected chi connectivity index (χ1v) is 6.79. The van der Waals surface area contributed by atoms with Gasteiger partial charge in [0, 0.05) is 24.9 Å². The van der Waals surface area contributed by atoms with Crippen LogP contribution < -0.4 is 5.32 Å². The molecule has 0 spiro atoms. The van der Waals surface area contributed by atoms with Crippen molar-refractivity contribution in [3.63, 3.8) is 0 Å². The second-order valence-corrected chi connectivity index (χ2v) is 6.18. The maximum absolute atomic E-state index is 11.0. The second kappa shape index (κ2) is 5.33. The molecule has 2 aliphatic rings. The lowest BCUT2D eigenvalue weighted by molar-refractivity contribution is -0.112. The number of carbonyl (C=O) groups is 1. The summed E-state index contributed by atoms with van der Waals surface area (Å²) >= 11 is 5.65. The monoisotopic (exact) mass is 282 g/mol. The van der Waals surface area contributed by atoms with Crippen LogP contribution in [0.25, 0.3) is 0 Å². The van der Waals surface area contributed by atoms with Gasteiger partial charge in [0.15, 0.2) is 0 Å². The maximum Gasteiger partial charge on any atom is 0.129 e. The minimum absolute atomic E-state index is 0.0336. The fourth-order valence-corrected chi connectivity index (χ4v) is 2.10. The number of hydrogen-bond acceptors (Lipinski definition) is 5. The van der Waals surface area contributed by atoms with Gasteiger partial charge in [0.05, 0.1) is 5.92 Å². The summed E-state index contributed by atoms with van der Waals surface area (Å²) in [6, 6.07) is 0.448. The smallest absolute Gasteiger partial charge is 0.129 e. The number of hydrogen-bond donors (Lipinski definition) is 2. The minimum Gasteiger partial charge on any atom is -0.368 e. The van der Waals surface area contributed by atoms with Crippen LogP contribution in [-0.2, 0) is 4.79 Å². The van der Waals surface area contributed by atoms with Gasteiger partial charge in [-0.05, 0) is 18.3 Å². The predicted octanol–water partition coefficient (Wildman–Crippen LogP) is 1.94. The molecule has 19 heavy (non-hydrogen) atoms. The van der Waals surface area contributed by atoms with Crippen molar-refractivity contribution in [2.24, 2.45) is 16.4 Å². The molecule has 6 heteroatoms. The Morgan fingerprint density at radius 3 is 2.74 bits per heavy atom. The largest absolute Gasteiger partial charge is 0.368 e. The van der Waals surface area contributed by atoms with Crippen LogP contribution in [0.3, 0.4) is 0 Å². The quantitative estimate of drug-likeness (QED) is 0.598. The van der Waals surface area contributed by atoms with Crippen LogP contribution in [0.4, 0.5) is 0 Å². The molecule has 0 radical (unpaired) electrons. The van der Waals surface area contributed by atoms with Gasteiger partial charge in [-0.1, -0.05) is 25.4 Å². The van der Waals surface area contributed by atoms with Crippen LogP contribution in [0.2, 0.25) is 0 Å². The highest BCUT2D eigenvalue weighted by atomic mass is 35.5. The molecule has 1 fully saturated rings. The van der Waals surface area contributed by atoms with Crippen molar-refractivity contribution in [3.8, 4) is 0 Å². The van der Waals surface area contributed by atoms with Gasteiger partial charge in [0.25, 0.3) is 0 Å². The van der Waals surface area contributed by atoms with E-state index in [0.717, 1.165) is 24.9 Å². The molecule has 0 aromatic rings. The van der Waals surface area contributed by atoms with E-state index in [0.29, 0.717) is 12.6 Å². The summed E-state index contributed by atoms with van der Waals surface area (Å²) in [5, 5.41) is 16.8. The van der Waals surface area contributed by atoms with Crippen molar-refractivity contribution in [1.82, 2.24) is 10.3 Å². The van der Waals surface area contributed by atoms with E-state index in [-0.39, 0.29) is 16.5 Å². The highest BCUT2D eigenvalue weighted by molar-refractivity contribution is 6.67. The molecule has 2 N–H and O–H groups in total. The zero-order valence-corrected chi connectivity index (χ0v) is 11.9. The predicted molar refractivity (Wildman–Crippen MR) is 76.4 cm³/mol. The van der Waals surface area contributed by atoms with Crippen molar-refractivity contribution in [3.05, 3.63) is 11.9 Å². The molecule has 0 saturated heterocycles. The number of hydrazone groups is 1. The summed E-state index contributed by atoms with van der Waals surface area (Å²) in [7, 11) is 0. The van der Waals surface area contributed by atoms with Gasteiger partial charge in [-0.2, -0.15) is 5.10 Å². The van der Waals surface area contributed by atoms with Gasteiger partial charge < -0.3 is 10.1 Å². The number of nitrogens with one attached hydrogen (secondary N) is 2. The Balaban J connectivity index is 2.18. The van der Waals surface area contributed by atoms with E-state index >= 15 is 0 Å². The van der Waals surface area contributed by atoms with Gasteiger partial charge in [0.2, 0.25) is 0 Å². The third-order valence-electron chi connectivity index (χ3n) is 3.44. The highest BCUT2D eigenvalue weighted by Crippen LogP contribution is 2.31. The first kappa shape index (κ1) is 14.1. The van der Waals surface area contributed by atoms with Gasteiger partial charge in [-0.15, -0.1) is 0 Å². The van der Waals surface area contributed by atoms with Crippen molar-refractivity contribution >= 4 is 29.3 Å². The molecular formula is C13H19ClN4O. The normalized spacial score (nSPS) is 26.2. The van der Waals surface area contributed by atoms with Crippen molar-refractivity contribution < 1.29 is 4.79 Å². The molecule has 1 saturated carbocycles. The zero-order valence-electron chi connectivity index (χ0n) is 11.2. The fourth-order valence-electron chi connectivity index (χ4n) is 2.00. The summed E-state index contributed by atoms with van der Waals surface area (Å²) in [5.74, 6) is 0.553. The number of nitrogens with zero attached hydrogens (tertiary/aromatic N) is 2. The van der Waals surface area contributed by atoms with Crippen LogP contribution in [0.1, 0.15) is 26.7 Å². The van der Waals surface area contributed by atoms with Crippen LogP contribution >= 0.6 is 11.6 Å². The molecule has 0 amide bonds. The number of aldehydes is 1. The van der Waals surface area contributed by atoms with E-state index in [4.69, 9.17) is 17.0 Å². The molecule has 1 heterocycles. The number of halogens is 1. The summed E-state index contributed by atoms with van der Waals surface area (Å²) in [6.07, 6.45) is 6.42. The van der Waals surface area contributed by atoms with Crippen LogP contribution in [-0.4, -0.2) is 35.3 Å². The van der Waals surface area contributed by atoms with Crippen LogP contribution in [0, 0.1) is 16.7 Å². The van der Waals surface area contributed by atoms with Crippen molar-refractivity contribution in [2.75, 3.05) is 6.54 Å². The van der Waals surface area contributed by atoms with Gasteiger partial charge >= 0.3 is 0 Å². The highest BCUT2D eigenvalue weighted by Gasteiger charge is 2.35. The van der Waals surface area contributed by atoms with Crippen LogP contribution in [0.5, 0.6) is 0 Å².